The van der Waals surface area contributed by atoms with Gasteiger partial charge < -0.3 is 5.32 Å². The van der Waals surface area contributed by atoms with Gasteiger partial charge in [0.15, 0.2) is 5.82 Å². The van der Waals surface area contributed by atoms with E-state index in [9.17, 15) is 14.0 Å². The van der Waals surface area contributed by atoms with Crippen LogP contribution in [0.4, 0.5) is 16.0 Å². The van der Waals surface area contributed by atoms with Gasteiger partial charge in [-0.2, -0.15) is 4.98 Å². The fourth-order valence-electron chi connectivity index (χ4n) is 3.11. The molecule has 0 fully saturated rings. The van der Waals surface area contributed by atoms with Crippen LogP contribution in [-0.2, 0) is 0 Å². The Morgan fingerprint density at radius 2 is 1.59 bits per heavy atom. The monoisotopic (exact) mass is 449 g/mol. The van der Waals surface area contributed by atoms with Crippen molar-refractivity contribution in [3.63, 3.8) is 0 Å². The molecule has 7 nitrogen and oxygen atoms in total. The number of hydrogen-bond donors (Lipinski definition) is 3. The number of aryl methyl sites for hydroxylation is 1. The molecule has 0 aliphatic heterocycles. The predicted octanol–water partition coefficient (Wildman–Crippen LogP) is 5.08. The van der Waals surface area contributed by atoms with Crippen LogP contribution in [0.3, 0.4) is 0 Å². The number of carbonyl (C=O) groups excluding carboxylic acids is 2. The third-order valence-corrected chi connectivity index (χ3v) is 5.04. The van der Waals surface area contributed by atoms with E-state index < -0.39 is 17.6 Å². The predicted molar refractivity (Wildman–Crippen MR) is 120 cm³/mol. The van der Waals surface area contributed by atoms with Crippen LogP contribution in [0.15, 0.2) is 66.7 Å². The van der Waals surface area contributed by atoms with Gasteiger partial charge in [-0.25, -0.2) is 4.39 Å². The first-order valence-electron chi connectivity index (χ1n) is 9.58. The summed E-state index contributed by atoms with van der Waals surface area (Å²) >= 11 is 6.18. The first-order valence-corrected chi connectivity index (χ1v) is 9.96. The van der Waals surface area contributed by atoms with E-state index in [1.807, 2.05) is 0 Å². The van der Waals surface area contributed by atoms with Crippen molar-refractivity contribution in [2.45, 2.75) is 6.92 Å². The van der Waals surface area contributed by atoms with E-state index in [1.165, 1.54) is 18.2 Å². The second-order valence-corrected chi connectivity index (χ2v) is 7.28. The van der Waals surface area contributed by atoms with Gasteiger partial charge in [-0.3, -0.25) is 20.0 Å². The first-order chi connectivity index (χ1) is 15.4. The van der Waals surface area contributed by atoms with Crippen LogP contribution >= 0.6 is 11.6 Å². The summed E-state index contributed by atoms with van der Waals surface area (Å²) in [5.74, 6) is -1.42. The van der Waals surface area contributed by atoms with Gasteiger partial charge in [-0.05, 0) is 42.8 Å². The lowest BCUT2D eigenvalue weighted by atomic mass is 10.1. The topological polar surface area (TPSA) is 99.8 Å². The number of amides is 2. The zero-order valence-corrected chi connectivity index (χ0v) is 17.6. The Balaban J connectivity index is 1.58. The third kappa shape index (κ3) is 4.35. The molecule has 1 aromatic heterocycles. The highest BCUT2D eigenvalue weighted by Crippen LogP contribution is 2.26. The largest absolute Gasteiger partial charge is 0.321 e. The minimum atomic E-state index is -0.662. The normalized spacial score (nSPS) is 10.6. The number of anilines is 2. The summed E-state index contributed by atoms with van der Waals surface area (Å²) in [5.41, 5.74) is 1.59. The average Bonchev–Trinajstić information content (AvgIpc) is 3.23. The molecule has 1 heterocycles. The maximum Gasteiger partial charge on any atom is 0.260 e. The summed E-state index contributed by atoms with van der Waals surface area (Å²) < 4.78 is 14.0. The van der Waals surface area contributed by atoms with Crippen molar-refractivity contribution < 1.29 is 14.0 Å². The quantitative estimate of drug-likeness (QED) is 0.395. The van der Waals surface area contributed by atoms with Gasteiger partial charge >= 0.3 is 0 Å². The number of H-pyrrole nitrogens is 1. The second kappa shape index (κ2) is 8.99. The molecule has 0 saturated carbocycles. The zero-order chi connectivity index (χ0) is 22.7. The number of benzene rings is 3. The minimum Gasteiger partial charge on any atom is -0.321 e. The Bertz CT molecular complexity index is 1320. The molecule has 3 aromatic carbocycles. The molecule has 0 unspecified atom stereocenters. The lowest BCUT2D eigenvalue weighted by Crippen LogP contribution is -2.20. The van der Waals surface area contributed by atoms with Crippen molar-refractivity contribution in [1.82, 2.24) is 15.2 Å². The molecule has 3 N–H and O–H groups in total. The standard InChI is InChI=1S/C23H17ClFN5O2/c1-13-7-6-10-16(19(13)26-21(31)15-9-3-5-12-18(15)25)22(32)28-23-27-20(29-30-23)14-8-2-4-11-17(14)24/h2-12H,1H3,(H,26,31)(H2,27,28,29,30,32). The Morgan fingerprint density at radius 3 is 2.38 bits per heavy atom. The third-order valence-electron chi connectivity index (χ3n) is 4.71. The second-order valence-electron chi connectivity index (χ2n) is 6.87. The number of nitrogens with one attached hydrogen (secondary N) is 3. The average molecular weight is 450 g/mol. The molecule has 0 bridgehead atoms. The summed E-state index contributed by atoms with van der Waals surface area (Å²) in [6.07, 6.45) is 0. The molecule has 0 spiro atoms. The van der Waals surface area contributed by atoms with Crippen LogP contribution in [0.2, 0.25) is 5.02 Å². The van der Waals surface area contributed by atoms with Crippen molar-refractivity contribution in [1.29, 1.82) is 0 Å². The van der Waals surface area contributed by atoms with Crippen molar-refractivity contribution in [2.24, 2.45) is 0 Å². The number of halogens is 2. The molecule has 0 aliphatic rings. The summed E-state index contributed by atoms with van der Waals surface area (Å²) in [7, 11) is 0. The van der Waals surface area contributed by atoms with Crippen molar-refractivity contribution in [3.05, 3.63) is 94.3 Å². The number of hydrogen-bond acceptors (Lipinski definition) is 4. The number of para-hydroxylation sites is 1. The Hall–Kier alpha value is -4.04. The van der Waals surface area contributed by atoms with Crippen molar-refractivity contribution >= 4 is 35.1 Å². The van der Waals surface area contributed by atoms with Gasteiger partial charge in [0.2, 0.25) is 5.95 Å². The summed E-state index contributed by atoms with van der Waals surface area (Å²) in [5, 5.41) is 12.5. The summed E-state index contributed by atoms with van der Waals surface area (Å²) in [6, 6.07) is 17.6. The lowest BCUT2D eigenvalue weighted by Gasteiger charge is -2.13. The van der Waals surface area contributed by atoms with Crippen LogP contribution in [-0.4, -0.2) is 27.0 Å². The summed E-state index contributed by atoms with van der Waals surface area (Å²) in [6.45, 7) is 1.73. The number of nitrogens with zero attached hydrogens (tertiary/aromatic N) is 2. The molecule has 0 atom stereocenters. The molecule has 9 heteroatoms. The fraction of sp³-hybridized carbons (Fsp3) is 0.0435. The van der Waals surface area contributed by atoms with Gasteiger partial charge in [0.25, 0.3) is 11.8 Å². The molecule has 4 rings (SSSR count). The Morgan fingerprint density at radius 1 is 0.906 bits per heavy atom. The molecule has 32 heavy (non-hydrogen) atoms. The molecule has 0 radical (unpaired) electrons. The van der Waals surface area contributed by atoms with Crippen LogP contribution in [0.1, 0.15) is 26.3 Å². The highest BCUT2D eigenvalue weighted by Gasteiger charge is 2.19. The fourth-order valence-corrected chi connectivity index (χ4v) is 3.33. The number of carbonyl (C=O) groups is 2. The van der Waals surface area contributed by atoms with Crippen molar-refractivity contribution in [3.8, 4) is 11.4 Å². The van der Waals surface area contributed by atoms with E-state index in [1.54, 1.807) is 55.5 Å². The molecule has 160 valence electrons. The number of aromatic nitrogens is 3. The maximum atomic E-state index is 14.0. The van der Waals surface area contributed by atoms with Crippen LogP contribution in [0.25, 0.3) is 11.4 Å². The first kappa shape index (κ1) is 21.2. The van der Waals surface area contributed by atoms with E-state index in [0.717, 1.165) is 0 Å². The molecule has 4 aromatic rings. The lowest BCUT2D eigenvalue weighted by molar-refractivity contribution is 0.102. The molecule has 2 amide bonds. The highest BCUT2D eigenvalue weighted by atomic mass is 35.5. The number of rotatable bonds is 5. The smallest absolute Gasteiger partial charge is 0.260 e. The van der Waals surface area contributed by atoms with Crippen LogP contribution < -0.4 is 10.6 Å². The van der Waals surface area contributed by atoms with Gasteiger partial charge in [0.05, 0.1) is 21.8 Å². The molecular formula is C23H17ClFN5O2. The Kier molecular flexibility index (Phi) is 5.96. The Labute approximate surface area is 187 Å². The number of aromatic amines is 1. The summed E-state index contributed by atoms with van der Waals surface area (Å²) in [4.78, 5) is 29.8. The zero-order valence-electron chi connectivity index (χ0n) is 16.8. The van der Waals surface area contributed by atoms with Gasteiger partial charge in [-0.1, -0.05) is 48.0 Å². The van der Waals surface area contributed by atoms with E-state index >= 15 is 0 Å². The van der Waals surface area contributed by atoms with Crippen molar-refractivity contribution in [2.75, 3.05) is 10.6 Å². The van der Waals surface area contributed by atoms with E-state index in [4.69, 9.17) is 11.6 Å². The van der Waals surface area contributed by atoms with Crippen LogP contribution in [0, 0.1) is 12.7 Å². The molecular weight excluding hydrogens is 433 g/mol. The van der Waals surface area contributed by atoms with Crippen LogP contribution in [0.5, 0.6) is 0 Å². The van der Waals surface area contributed by atoms with E-state index in [0.29, 0.717) is 22.0 Å². The highest BCUT2D eigenvalue weighted by molar-refractivity contribution is 6.33. The van der Waals surface area contributed by atoms with E-state index in [2.05, 4.69) is 25.8 Å². The van der Waals surface area contributed by atoms with Gasteiger partial charge in [0.1, 0.15) is 5.82 Å². The minimum absolute atomic E-state index is 0.0396. The maximum absolute atomic E-state index is 14.0. The van der Waals surface area contributed by atoms with Gasteiger partial charge in [0, 0.05) is 5.56 Å². The molecule has 0 aliphatic carbocycles. The van der Waals surface area contributed by atoms with Gasteiger partial charge in [-0.15, -0.1) is 5.10 Å². The SMILES string of the molecule is Cc1cccc(C(=O)Nc2n[nH]c(-c3ccccc3Cl)n2)c1NC(=O)c1ccccc1F. The van der Waals surface area contributed by atoms with E-state index in [-0.39, 0.29) is 22.8 Å². The molecule has 0 saturated heterocycles.